The lowest BCUT2D eigenvalue weighted by molar-refractivity contribution is -0.129. The molecule has 0 bridgehead atoms. The molecule has 0 radical (unpaired) electrons. The molecule has 2 aromatic rings. The number of hydrogen-bond acceptors (Lipinski definition) is 4. The van der Waals surface area contributed by atoms with Crippen LogP contribution in [-0.2, 0) is 4.79 Å². The molecule has 0 spiro atoms. The first-order valence-electron chi connectivity index (χ1n) is 9.69. The van der Waals surface area contributed by atoms with Gasteiger partial charge < -0.3 is 19.5 Å². The van der Waals surface area contributed by atoms with Crippen LogP contribution < -0.4 is 19.5 Å². The van der Waals surface area contributed by atoms with E-state index in [0.29, 0.717) is 17.9 Å². The van der Waals surface area contributed by atoms with E-state index in [1.165, 1.54) is 5.56 Å². The summed E-state index contributed by atoms with van der Waals surface area (Å²) >= 11 is 0. The van der Waals surface area contributed by atoms with Crippen molar-refractivity contribution in [1.82, 2.24) is 5.32 Å². The molecule has 0 heterocycles. The van der Waals surface area contributed by atoms with Gasteiger partial charge in [-0.1, -0.05) is 37.6 Å². The number of carbonyl (C=O) groups is 1. The fraction of sp³-hybridized carbons (Fsp3) is 0.435. The van der Waals surface area contributed by atoms with E-state index in [-0.39, 0.29) is 11.9 Å². The predicted octanol–water partition coefficient (Wildman–Crippen LogP) is 4.75. The molecular formula is C23H31NO4. The summed E-state index contributed by atoms with van der Waals surface area (Å²) in [7, 11) is 3.21. The van der Waals surface area contributed by atoms with Crippen molar-refractivity contribution in [2.24, 2.45) is 0 Å². The number of nitrogens with one attached hydrogen (secondary N) is 1. The minimum Gasteiger partial charge on any atom is -0.493 e. The first-order valence-corrected chi connectivity index (χ1v) is 9.69. The van der Waals surface area contributed by atoms with Crippen molar-refractivity contribution in [3.8, 4) is 17.2 Å². The first kappa shape index (κ1) is 21.6. The quantitative estimate of drug-likeness (QED) is 0.677. The Morgan fingerprint density at radius 3 is 2.18 bits per heavy atom. The van der Waals surface area contributed by atoms with Gasteiger partial charge in [0, 0.05) is 0 Å². The summed E-state index contributed by atoms with van der Waals surface area (Å²) in [6.45, 7) is 8.01. The van der Waals surface area contributed by atoms with Crippen LogP contribution in [-0.4, -0.2) is 26.2 Å². The van der Waals surface area contributed by atoms with Crippen LogP contribution in [0.2, 0.25) is 0 Å². The SMILES string of the molecule is CCC(Oc1ccc(C)cc1C)C(=O)NC(CC)c1ccc(OC)c(OC)c1. The second-order valence-electron chi connectivity index (χ2n) is 6.87. The average molecular weight is 386 g/mol. The largest absolute Gasteiger partial charge is 0.493 e. The topological polar surface area (TPSA) is 56.8 Å². The van der Waals surface area contributed by atoms with Crippen LogP contribution >= 0.6 is 0 Å². The van der Waals surface area contributed by atoms with E-state index in [0.717, 1.165) is 23.3 Å². The molecule has 2 aromatic carbocycles. The van der Waals surface area contributed by atoms with Crippen LogP contribution in [0.1, 0.15) is 49.4 Å². The molecule has 1 amide bonds. The van der Waals surface area contributed by atoms with Crippen molar-refractivity contribution in [2.75, 3.05) is 14.2 Å². The zero-order valence-electron chi connectivity index (χ0n) is 17.7. The zero-order chi connectivity index (χ0) is 20.7. The summed E-state index contributed by atoms with van der Waals surface area (Å²) in [6, 6.07) is 11.5. The highest BCUT2D eigenvalue weighted by Crippen LogP contribution is 2.31. The lowest BCUT2D eigenvalue weighted by atomic mass is 10.0. The van der Waals surface area contributed by atoms with Crippen molar-refractivity contribution < 1.29 is 19.0 Å². The fourth-order valence-corrected chi connectivity index (χ4v) is 3.16. The third-order valence-electron chi connectivity index (χ3n) is 4.80. The summed E-state index contributed by atoms with van der Waals surface area (Å²) in [6.07, 6.45) is 0.790. The molecule has 0 aliphatic rings. The molecule has 28 heavy (non-hydrogen) atoms. The second-order valence-corrected chi connectivity index (χ2v) is 6.87. The molecule has 5 nitrogen and oxygen atoms in total. The molecule has 0 aromatic heterocycles. The van der Waals surface area contributed by atoms with E-state index < -0.39 is 6.10 Å². The van der Waals surface area contributed by atoms with Crippen LogP contribution in [0, 0.1) is 13.8 Å². The summed E-state index contributed by atoms with van der Waals surface area (Å²) in [5, 5.41) is 3.11. The van der Waals surface area contributed by atoms with Gasteiger partial charge in [0.25, 0.3) is 5.91 Å². The molecule has 0 aliphatic heterocycles. The van der Waals surface area contributed by atoms with Gasteiger partial charge in [0.05, 0.1) is 20.3 Å². The Hall–Kier alpha value is -2.69. The molecule has 0 saturated carbocycles. The minimum atomic E-state index is -0.546. The molecule has 152 valence electrons. The average Bonchev–Trinajstić information content (AvgIpc) is 2.70. The maximum atomic E-state index is 12.9. The van der Waals surface area contributed by atoms with Crippen molar-refractivity contribution >= 4 is 5.91 Å². The van der Waals surface area contributed by atoms with E-state index in [1.807, 2.05) is 58.0 Å². The highest BCUT2D eigenvalue weighted by atomic mass is 16.5. The molecule has 1 N–H and O–H groups in total. The van der Waals surface area contributed by atoms with Crippen LogP contribution in [0.25, 0.3) is 0 Å². The van der Waals surface area contributed by atoms with Crippen LogP contribution in [0.5, 0.6) is 17.2 Å². The van der Waals surface area contributed by atoms with Crippen molar-refractivity contribution in [1.29, 1.82) is 0 Å². The highest BCUT2D eigenvalue weighted by Gasteiger charge is 2.23. The van der Waals surface area contributed by atoms with E-state index >= 15 is 0 Å². The van der Waals surface area contributed by atoms with Gasteiger partial charge in [0.1, 0.15) is 5.75 Å². The van der Waals surface area contributed by atoms with Gasteiger partial charge in [-0.2, -0.15) is 0 Å². The molecular weight excluding hydrogens is 354 g/mol. The Labute approximate surface area is 168 Å². The van der Waals surface area contributed by atoms with Gasteiger partial charge in [0.15, 0.2) is 17.6 Å². The van der Waals surface area contributed by atoms with Gasteiger partial charge in [-0.15, -0.1) is 0 Å². The number of methoxy groups -OCH3 is 2. The Kier molecular flexibility index (Phi) is 7.73. The molecule has 2 rings (SSSR count). The van der Waals surface area contributed by atoms with Crippen molar-refractivity contribution in [3.05, 3.63) is 53.1 Å². The summed E-state index contributed by atoms with van der Waals surface area (Å²) < 4.78 is 16.7. The number of carbonyl (C=O) groups excluding carboxylic acids is 1. The molecule has 2 atom stereocenters. The minimum absolute atomic E-state index is 0.121. The number of amides is 1. The number of rotatable bonds is 9. The van der Waals surface area contributed by atoms with Crippen LogP contribution in [0.4, 0.5) is 0 Å². The normalized spacial score (nSPS) is 12.8. The maximum Gasteiger partial charge on any atom is 0.261 e. The van der Waals surface area contributed by atoms with Gasteiger partial charge in [-0.25, -0.2) is 0 Å². The molecule has 0 aliphatic carbocycles. The lowest BCUT2D eigenvalue weighted by Gasteiger charge is -2.23. The molecule has 2 unspecified atom stereocenters. The zero-order valence-corrected chi connectivity index (χ0v) is 17.7. The third kappa shape index (κ3) is 5.18. The lowest BCUT2D eigenvalue weighted by Crippen LogP contribution is -2.40. The smallest absolute Gasteiger partial charge is 0.261 e. The van der Waals surface area contributed by atoms with E-state index in [4.69, 9.17) is 14.2 Å². The highest BCUT2D eigenvalue weighted by molar-refractivity contribution is 5.81. The van der Waals surface area contributed by atoms with E-state index in [9.17, 15) is 4.79 Å². The van der Waals surface area contributed by atoms with Crippen molar-refractivity contribution in [3.63, 3.8) is 0 Å². The predicted molar refractivity (Wildman–Crippen MR) is 111 cm³/mol. The number of hydrogen-bond donors (Lipinski definition) is 1. The molecule has 0 fully saturated rings. The Morgan fingerprint density at radius 2 is 1.61 bits per heavy atom. The summed E-state index contributed by atoms with van der Waals surface area (Å²) in [5.74, 6) is 1.93. The van der Waals surface area contributed by atoms with Crippen molar-refractivity contribution in [2.45, 2.75) is 52.7 Å². The Balaban J connectivity index is 2.15. The number of ether oxygens (including phenoxy) is 3. The third-order valence-corrected chi connectivity index (χ3v) is 4.80. The van der Waals surface area contributed by atoms with Crippen LogP contribution in [0.3, 0.4) is 0 Å². The monoisotopic (exact) mass is 385 g/mol. The Bertz CT molecular complexity index is 803. The molecule has 0 saturated heterocycles. The summed E-state index contributed by atoms with van der Waals surface area (Å²) in [4.78, 5) is 12.9. The van der Waals surface area contributed by atoms with E-state index in [1.54, 1.807) is 14.2 Å². The standard InChI is InChI=1S/C23H31NO4/c1-7-18(17-10-12-21(26-5)22(14-17)27-6)24-23(25)19(8-2)28-20-11-9-15(3)13-16(20)4/h9-14,18-19H,7-8H2,1-6H3,(H,24,25). The fourth-order valence-electron chi connectivity index (χ4n) is 3.16. The first-order chi connectivity index (χ1) is 13.4. The van der Waals surface area contributed by atoms with Gasteiger partial charge in [-0.3, -0.25) is 4.79 Å². The van der Waals surface area contributed by atoms with Gasteiger partial charge >= 0.3 is 0 Å². The summed E-state index contributed by atoms with van der Waals surface area (Å²) in [5.41, 5.74) is 3.16. The van der Waals surface area contributed by atoms with Crippen LogP contribution in [0.15, 0.2) is 36.4 Å². The van der Waals surface area contributed by atoms with Gasteiger partial charge in [-0.05, 0) is 56.0 Å². The Morgan fingerprint density at radius 1 is 0.929 bits per heavy atom. The number of aryl methyl sites for hydroxylation is 2. The number of benzene rings is 2. The van der Waals surface area contributed by atoms with E-state index in [2.05, 4.69) is 11.4 Å². The van der Waals surface area contributed by atoms with Gasteiger partial charge in [0.2, 0.25) is 0 Å². The second kappa shape index (κ2) is 10.0. The maximum absolute atomic E-state index is 12.9. The molecule has 5 heteroatoms.